The van der Waals surface area contributed by atoms with Gasteiger partial charge in [0.05, 0.1) is 5.92 Å². The summed E-state index contributed by atoms with van der Waals surface area (Å²) in [7, 11) is 0. The smallest absolute Gasteiger partial charge is 0.417 e. The Bertz CT molecular complexity index is 597. The highest BCUT2D eigenvalue weighted by Crippen LogP contribution is 2.32. The summed E-state index contributed by atoms with van der Waals surface area (Å²) in [5, 5.41) is 6.59. The Morgan fingerprint density at radius 3 is 2.74 bits per heavy atom. The molecular weight excluding hydrogens is 311 g/mol. The quantitative estimate of drug-likeness (QED) is 0.782. The molecule has 23 heavy (non-hydrogen) atoms. The Morgan fingerprint density at radius 1 is 1.26 bits per heavy atom. The Labute approximate surface area is 131 Å². The van der Waals surface area contributed by atoms with E-state index in [1.54, 1.807) is 4.90 Å². The van der Waals surface area contributed by atoms with E-state index in [9.17, 15) is 18.0 Å². The summed E-state index contributed by atoms with van der Waals surface area (Å²) < 4.78 is 42.4. The van der Waals surface area contributed by atoms with Crippen molar-refractivity contribution in [3.05, 3.63) is 23.9 Å². The summed E-state index contributed by atoms with van der Waals surface area (Å²) in [6, 6.07) is 0. The first kappa shape index (κ1) is 16.0. The predicted octanol–water partition coefficient (Wildman–Crippen LogP) is 3.15. The highest BCUT2D eigenvalue weighted by molar-refractivity contribution is 5.79. The molecule has 1 aliphatic heterocycles. The number of amides is 1. The van der Waals surface area contributed by atoms with Gasteiger partial charge in [0.2, 0.25) is 11.8 Å². The van der Waals surface area contributed by atoms with Gasteiger partial charge in [-0.3, -0.25) is 4.79 Å². The minimum atomic E-state index is -4.64. The Morgan fingerprint density at radius 2 is 2.09 bits per heavy atom. The van der Waals surface area contributed by atoms with E-state index in [0.717, 1.165) is 25.7 Å². The van der Waals surface area contributed by atoms with Crippen LogP contribution in [0.3, 0.4) is 0 Å². The predicted molar refractivity (Wildman–Crippen MR) is 74.3 cm³/mol. The molecule has 126 valence electrons. The van der Waals surface area contributed by atoms with Gasteiger partial charge in [-0.25, -0.2) is 0 Å². The van der Waals surface area contributed by atoms with Crippen LogP contribution in [0.2, 0.25) is 0 Å². The van der Waals surface area contributed by atoms with Gasteiger partial charge in [-0.15, -0.1) is 10.2 Å². The maximum atomic E-state index is 12.5. The van der Waals surface area contributed by atoms with E-state index in [1.165, 1.54) is 0 Å². The second-order valence-electron chi connectivity index (χ2n) is 6.05. The SMILES string of the molecule is O=C(C1CC=CCC1)N1CCCC(c2nnc(C(F)(F)F)o2)C1. The van der Waals surface area contributed by atoms with Crippen molar-refractivity contribution in [2.75, 3.05) is 13.1 Å². The Kier molecular flexibility index (Phi) is 4.41. The zero-order chi connectivity index (χ0) is 16.4. The van der Waals surface area contributed by atoms with Crippen LogP contribution in [0, 0.1) is 5.92 Å². The van der Waals surface area contributed by atoms with Crippen molar-refractivity contribution in [3.8, 4) is 0 Å². The second-order valence-corrected chi connectivity index (χ2v) is 6.05. The molecule has 2 unspecified atom stereocenters. The van der Waals surface area contributed by atoms with E-state index in [4.69, 9.17) is 4.42 Å². The molecule has 2 heterocycles. The van der Waals surface area contributed by atoms with E-state index in [0.29, 0.717) is 19.5 Å². The number of allylic oxidation sites excluding steroid dienone is 2. The number of halogens is 3. The fourth-order valence-corrected chi connectivity index (χ4v) is 3.17. The van der Waals surface area contributed by atoms with Crippen LogP contribution in [-0.2, 0) is 11.0 Å². The number of carbonyl (C=O) groups excluding carboxylic acids is 1. The van der Waals surface area contributed by atoms with Gasteiger partial charge in [-0.05, 0) is 32.1 Å². The summed E-state index contributed by atoms with van der Waals surface area (Å²) in [6.07, 6.45) is 3.28. The van der Waals surface area contributed by atoms with Crippen LogP contribution in [0.5, 0.6) is 0 Å². The van der Waals surface area contributed by atoms with Crippen molar-refractivity contribution in [2.24, 2.45) is 5.92 Å². The number of piperidine rings is 1. The number of aromatic nitrogens is 2. The monoisotopic (exact) mass is 329 g/mol. The van der Waals surface area contributed by atoms with Crippen LogP contribution in [0.15, 0.2) is 16.6 Å². The van der Waals surface area contributed by atoms with Crippen LogP contribution in [-0.4, -0.2) is 34.1 Å². The van der Waals surface area contributed by atoms with Crippen LogP contribution >= 0.6 is 0 Å². The van der Waals surface area contributed by atoms with Crippen molar-refractivity contribution >= 4 is 5.91 Å². The highest BCUT2D eigenvalue weighted by Gasteiger charge is 2.39. The maximum Gasteiger partial charge on any atom is 0.470 e. The van der Waals surface area contributed by atoms with Crippen molar-refractivity contribution < 1.29 is 22.4 Å². The number of rotatable bonds is 2. The first-order valence-corrected chi connectivity index (χ1v) is 7.79. The molecule has 0 saturated carbocycles. The van der Waals surface area contributed by atoms with Crippen molar-refractivity contribution in [1.82, 2.24) is 15.1 Å². The van der Waals surface area contributed by atoms with Crippen molar-refractivity contribution in [2.45, 2.75) is 44.2 Å². The first-order valence-electron chi connectivity index (χ1n) is 7.79. The van der Waals surface area contributed by atoms with Crippen LogP contribution in [0.25, 0.3) is 0 Å². The van der Waals surface area contributed by atoms with Gasteiger partial charge in [0.25, 0.3) is 0 Å². The van der Waals surface area contributed by atoms with Gasteiger partial charge in [0.1, 0.15) is 0 Å². The molecule has 3 rings (SSSR count). The van der Waals surface area contributed by atoms with Gasteiger partial charge in [0.15, 0.2) is 0 Å². The summed E-state index contributed by atoms with van der Waals surface area (Å²) in [5.74, 6) is -1.62. The summed E-state index contributed by atoms with van der Waals surface area (Å²) in [4.78, 5) is 14.3. The van der Waals surface area contributed by atoms with Gasteiger partial charge in [0, 0.05) is 19.0 Å². The standard InChI is InChI=1S/C15H18F3N3O2/c16-15(17,18)14-20-19-12(23-14)11-7-4-8-21(9-11)13(22)10-5-2-1-3-6-10/h1-2,10-11H,3-9H2. The zero-order valence-electron chi connectivity index (χ0n) is 12.6. The molecule has 5 nitrogen and oxygen atoms in total. The molecule has 8 heteroatoms. The van der Waals surface area contributed by atoms with Gasteiger partial charge in [-0.1, -0.05) is 12.2 Å². The van der Waals surface area contributed by atoms with E-state index < -0.39 is 12.1 Å². The van der Waals surface area contributed by atoms with Gasteiger partial charge >= 0.3 is 12.1 Å². The van der Waals surface area contributed by atoms with Crippen LogP contribution in [0.1, 0.15) is 49.8 Å². The third-order valence-corrected chi connectivity index (χ3v) is 4.38. The van der Waals surface area contributed by atoms with E-state index in [2.05, 4.69) is 16.3 Å². The molecule has 0 N–H and O–H groups in total. The number of carbonyl (C=O) groups is 1. The minimum absolute atomic E-state index is 0.0211. The molecule has 1 fully saturated rings. The molecule has 1 saturated heterocycles. The molecule has 1 aromatic rings. The minimum Gasteiger partial charge on any atom is -0.417 e. The molecule has 0 radical (unpaired) electrons. The average Bonchev–Trinajstić information content (AvgIpc) is 3.05. The zero-order valence-corrected chi connectivity index (χ0v) is 12.6. The third-order valence-electron chi connectivity index (χ3n) is 4.38. The molecule has 1 aliphatic carbocycles. The Hall–Kier alpha value is -1.86. The first-order chi connectivity index (χ1) is 10.9. The second kappa shape index (κ2) is 6.33. The summed E-state index contributed by atoms with van der Waals surface area (Å²) >= 11 is 0. The van der Waals surface area contributed by atoms with E-state index in [1.807, 2.05) is 6.08 Å². The third kappa shape index (κ3) is 3.56. The fraction of sp³-hybridized carbons (Fsp3) is 0.667. The number of nitrogens with zero attached hydrogens (tertiary/aromatic N) is 3. The lowest BCUT2D eigenvalue weighted by Crippen LogP contribution is -2.42. The molecule has 0 spiro atoms. The topological polar surface area (TPSA) is 59.2 Å². The fourth-order valence-electron chi connectivity index (χ4n) is 3.17. The van der Waals surface area contributed by atoms with E-state index in [-0.39, 0.29) is 23.6 Å². The van der Waals surface area contributed by atoms with Gasteiger partial charge in [-0.2, -0.15) is 13.2 Å². The molecule has 2 aliphatic rings. The van der Waals surface area contributed by atoms with Crippen molar-refractivity contribution in [1.29, 1.82) is 0 Å². The van der Waals surface area contributed by atoms with Crippen molar-refractivity contribution in [3.63, 3.8) is 0 Å². The summed E-state index contributed by atoms with van der Waals surface area (Å²) in [6.45, 7) is 0.981. The number of alkyl halides is 3. The van der Waals surface area contributed by atoms with Gasteiger partial charge < -0.3 is 9.32 Å². The number of hydrogen-bond donors (Lipinski definition) is 0. The van der Waals surface area contributed by atoms with Crippen LogP contribution in [0.4, 0.5) is 13.2 Å². The molecular formula is C15H18F3N3O2. The summed E-state index contributed by atoms with van der Waals surface area (Å²) in [5.41, 5.74) is 0. The lowest BCUT2D eigenvalue weighted by atomic mass is 9.91. The highest BCUT2D eigenvalue weighted by atomic mass is 19.4. The average molecular weight is 329 g/mol. The van der Waals surface area contributed by atoms with E-state index >= 15 is 0 Å². The number of likely N-dealkylation sites (tertiary alicyclic amines) is 1. The maximum absolute atomic E-state index is 12.5. The Balaban J connectivity index is 1.67. The number of hydrogen-bond acceptors (Lipinski definition) is 4. The molecule has 1 amide bonds. The normalized spacial score (nSPS) is 25.6. The lowest BCUT2D eigenvalue weighted by molar-refractivity contribution is -0.157. The molecule has 0 aromatic carbocycles. The largest absolute Gasteiger partial charge is 0.470 e. The molecule has 0 bridgehead atoms. The lowest BCUT2D eigenvalue weighted by Gasteiger charge is -2.34. The molecule has 1 aromatic heterocycles. The van der Waals surface area contributed by atoms with Crippen LogP contribution < -0.4 is 0 Å². The molecule has 2 atom stereocenters.